The number of rotatable bonds is 6. The van der Waals surface area contributed by atoms with E-state index in [1.165, 1.54) is 0 Å². The number of hydrogen-bond donors (Lipinski definition) is 1. The molecule has 3 aromatic carbocycles. The van der Waals surface area contributed by atoms with Gasteiger partial charge in [0.2, 0.25) is 0 Å². The van der Waals surface area contributed by atoms with Gasteiger partial charge in [0.15, 0.2) is 0 Å². The van der Waals surface area contributed by atoms with Crippen molar-refractivity contribution in [1.82, 2.24) is 24.3 Å². The van der Waals surface area contributed by atoms with Gasteiger partial charge in [0.05, 0.1) is 8.57 Å². The van der Waals surface area contributed by atoms with Crippen molar-refractivity contribution in [2.75, 3.05) is 0 Å². The first kappa shape index (κ1) is 23.9. The van der Waals surface area contributed by atoms with E-state index in [4.69, 9.17) is 2.74 Å². The van der Waals surface area contributed by atoms with E-state index in [-0.39, 0.29) is 51.0 Å². The molecule has 0 fully saturated rings. The summed E-state index contributed by atoms with van der Waals surface area (Å²) in [4.78, 5) is 9.13. The van der Waals surface area contributed by atoms with Gasteiger partial charge in [0, 0.05) is 39.1 Å². The zero-order valence-corrected chi connectivity index (χ0v) is 23.7. The Morgan fingerprint density at radius 1 is 0.892 bits per heavy atom. The summed E-state index contributed by atoms with van der Waals surface area (Å²) in [6.45, 7) is 10.4. The van der Waals surface area contributed by atoms with Crippen LogP contribution in [0.25, 0.3) is 34.2 Å². The molecule has 6 nitrogen and oxygen atoms in total. The summed E-state index contributed by atoms with van der Waals surface area (Å²) in [7, 11) is 0. The summed E-state index contributed by atoms with van der Waals surface area (Å²) in [6, 6.07) is 22.2. The third-order valence-corrected chi connectivity index (χ3v) is 6.26. The Bertz CT molecular complexity index is 1610. The minimum absolute atomic E-state index is 0. The van der Waals surface area contributed by atoms with Gasteiger partial charge in [-0.1, -0.05) is 69.2 Å². The maximum Gasteiger partial charge on any atom is 0.141 e. The van der Waals surface area contributed by atoms with Gasteiger partial charge < -0.3 is 9.67 Å². The van der Waals surface area contributed by atoms with Crippen LogP contribution in [0.2, 0.25) is 0 Å². The topological polar surface area (TPSA) is 68.8 Å². The predicted molar refractivity (Wildman–Crippen MR) is 143 cm³/mol. The Hall–Kier alpha value is -3.50. The first-order valence-electron chi connectivity index (χ1n) is 13.1. The largest absolute Gasteiger partial charge is 0.506 e. The van der Waals surface area contributed by atoms with Crippen LogP contribution in [-0.2, 0) is 21.1 Å². The molecule has 0 spiro atoms. The van der Waals surface area contributed by atoms with Crippen molar-refractivity contribution in [3.05, 3.63) is 96.0 Å². The molecule has 0 bridgehead atoms. The van der Waals surface area contributed by atoms with Gasteiger partial charge in [-0.05, 0) is 42.0 Å². The van der Waals surface area contributed by atoms with E-state index >= 15 is 0 Å². The smallest absolute Gasteiger partial charge is 0.141 e. The fourth-order valence-electron chi connectivity index (χ4n) is 4.45. The van der Waals surface area contributed by atoms with Gasteiger partial charge >= 0.3 is 0 Å². The number of hydrogen-bond acceptors (Lipinski definition) is 4. The minimum Gasteiger partial charge on any atom is -0.506 e. The first-order chi connectivity index (χ1) is 18.2. The zero-order chi connectivity index (χ0) is 27.1. The molecule has 0 aliphatic rings. The Morgan fingerprint density at radius 3 is 2.22 bits per heavy atom. The Balaban J connectivity index is 0.00000353. The average Bonchev–Trinajstić information content (AvgIpc) is 3.43. The number of imidazole rings is 1. The number of aryl methyl sites for hydroxylation is 1. The van der Waals surface area contributed by atoms with E-state index in [0.717, 1.165) is 16.8 Å². The van der Waals surface area contributed by atoms with Crippen molar-refractivity contribution in [3.8, 4) is 39.9 Å². The van der Waals surface area contributed by atoms with Gasteiger partial charge in [-0.25, -0.2) is 4.68 Å². The number of aromatic hydroxyl groups is 1. The van der Waals surface area contributed by atoms with E-state index in [0.29, 0.717) is 34.3 Å². The fourth-order valence-corrected chi connectivity index (χ4v) is 4.45. The average molecular weight is 674 g/mol. The molecule has 192 valence electrons. The molecule has 2 aromatic heterocycles. The van der Waals surface area contributed by atoms with E-state index in [9.17, 15) is 5.11 Å². The third kappa shape index (κ3) is 5.03. The minimum atomic E-state index is -0.0927. The molecule has 0 aliphatic heterocycles. The molecule has 0 atom stereocenters. The summed E-state index contributed by atoms with van der Waals surface area (Å²) in [5.74, 6) is 2.10. The number of phenols is 1. The second kappa shape index (κ2) is 10.9. The number of benzene rings is 3. The Morgan fingerprint density at radius 2 is 1.54 bits per heavy atom. The summed E-state index contributed by atoms with van der Waals surface area (Å²) in [5.41, 5.74) is 4.92. The number of para-hydroxylation sites is 3. The molecular formula is C30H30N5OPt-. The van der Waals surface area contributed by atoms with Gasteiger partial charge in [-0.15, -0.1) is 24.3 Å². The predicted octanol–water partition coefficient (Wildman–Crippen LogP) is 6.85. The first-order valence-corrected chi connectivity index (χ1v) is 12.1. The normalized spacial score (nSPS) is 12.0. The Labute approximate surface area is 235 Å². The number of phenolic OH excluding ortho intramolecular Hbond substituents is 1. The SMILES string of the molecule is [2H]c1nc(-c2[c-]c(-c3nc(C)n(-c4ccccc4O)n3)ccc2)n(-c2c(C(C)C)cccc2C(C)C)c1[2H].[Pt]. The number of aromatic nitrogens is 5. The second-order valence-electron chi connectivity index (χ2n) is 9.45. The standard InChI is InChI=1S/C30H30N5O.Pt/c1-19(2)24-12-9-13-25(20(3)4)28(24)34-17-16-31-30(34)23-11-8-10-22(18-23)29-32-21(5)35(33-29)26-14-6-7-15-27(26)36;/h6-17,19-20,36H,1-5H3;/q-1;/i16D,17D;. The molecule has 0 unspecified atom stereocenters. The van der Waals surface area contributed by atoms with Crippen LogP contribution in [0.1, 0.15) is 59.2 Å². The monoisotopic (exact) mass is 673 g/mol. The molecule has 5 aromatic rings. The van der Waals surface area contributed by atoms with E-state index < -0.39 is 0 Å². The van der Waals surface area contributed by atoms with Crippen molar-refractivity contribution >= 4 is 0 Å². The summed E-state index contributed by atoms with van der Waals surface area (Å²) < 4.78 is 20.6. The van der Waals surface area contributed by atoms with Crippen LogP contribution < -0.4 is 0 Å². The maximum absolute atomic E-state index is 10.3. The molecular weight excluding hydrogens is 641 g/mol. The van der Waals surface area contributed by atoms with Crippen LogP contribution in [0.15, 0.2) is 73.0 Å². The maximum atomic E-state index is 10.3. The van der Waals surface area contributed by atoms with E-state index in [2.05, 4.69) is 67.0 Å². The van der Waals surface area contributed by atoms with Gasteiger partial charge in [-0.3, -0.25) is 9.97 Å². The van der Waals surface area contributed by atoms with Crippen LogP contribution >= 0.6 is 0 Å². The molecule has 0 saturated heterocycles. The molecule has 0 radical (unpaired) electrons. The summed E-state index contributed by atoms with van der Waals surface area (Å²) in [6.07, 6.45) is -0.0588. The van der Waals surface area contributed by atoms with Crippen molar-refractivity contribution < 1.29 is 28.9 Å². The molecule has 5 rings (SSSR count). The van der Waals surface area contributed by atoms with Crippen LogP contribution in [-0.4, -0.2) is 29.4 Å². The second-order valence-corrected chi connectivity index (χ2v) is 9.45. The zero-order valence-electron chi connectivity index (χ0n) is 23.4. The van der Waals surface area contributed by atoms with Gasteiger partial charge in [0.1, 0.15) is 23.1 Å². The quantitative estimate of drug-likeness (QED) is 0.201. The van der Waals surface area contributed by atoms with Crippen LogP contribution in [0.3, 0.4) is 0 Å². The number of nitrogens with zero attached hydrogens (tertiary/aromatic N) is 5. The Kier molecular flexibility index (Phi) is 7.00. The van der Waals surface area contributed by atoms with Crippen molar-refractivity contribution in [2.45, 2.75) is 46.5 Å². The van der Waals surface area contributed by atoms with Crippen LogP contribution in [0, 0.1) is 13.0 Å². The van der Waals surface area contributed by atoms with Crippen LogP contribution in [0.4, 0.5) is 0 Å². The molecule has 0 saturated carbocycles. The molecule has 0 amide bonds. The molecule has 37 heavy (non-hydrogen) atoms. The molecule has 2 heterocycles. The summed E-state index contributed by atoms with van der Waals surface area (Å²) in [5, 5.41) is 14.9. The molecule has 0 aliphatic carbocycles. The van der Waals surface area contributed by atoms with E-state index in [1.54, 1.807) is 27.4 Å². The van der Waals surface area contributed by atoms with Crippen molar-refractivity contribution in [1.29, 1.82) is 0 Å². The van der Waals surface area contributed by atoms with Crippen molar-refractivity contribution in [2.24, 2.45) is 0 Å². The van der Waals surface area contributed by atoms with Gasteiger partial charge in [0.25, 0.3) is 0 Å². The van der Waals surface area contributed by atoms with E-state index in [1.807, 2.05) is 31.2 Å². The molecule has 7 heteroatoms. The molecule has 1 N–H and O–H groups in total. The fraction of sp³-hybridized carbons (Fsp3) is 0.233. The summed E-state index contributed by atoms with van der Waals surface area (Å²) >= 11 is 0. The van der Waals surface area contributed by atoms with Crippen molar-refractivity contribution in [3.63, 3.8) is 0 Å². The van der Waals surface area contributed by atoms with Gasteiger partial charge in [-0.2, -0.15) is 5.10 Å². The third-order valence-electron chi connectivity index (χ3n) is 6.26. The van der Waals surface area contributed by atoms with Crippen LogP contribution in [0.5, 0.6) is 5.75 Å².